The van der Waals surface area contributed by atoms with E-state index < -0.39 is 10.0 Å². The van der Waals surface area contributed by atoms with E-state index in [1.807, 2.05) is 6.07 Å². The molecule has 0 bridgehead atoms. The van der Waals surface area contributed by atoms with Crippen LogP contribution in [0.1, 0.15) is 25.8 Å². The molecule has 1 aliphatic rings. The first-order chi connectivity index (χ1) is 13.8. The number of aromatic nitrogens is 2. The summed E-state index contributed by atoms with van der Waals surface area (Å²) in [6.07, 6.45) is 5.36. The number of rotatable bonds is 4. The molecule has 0 atom stereocenters. The smallest absolute Gasteiger partial charge is 0.323 e. The summed E-state index contributed by atoms with van der Waals surface area (Å²) >= 11 is 0. The zero-order valence-electron chi connectivity index (χ0n) is 16.2. The maximum atomic E-state index is 12.5. The number of anilines is 1. The maximum absolute atomic E-state index is 12.5. The fraction of sp³-hybridized carbons (Fsp3) is 0.400. The number of nitrogens with zero attached hydrogens (tertiary/aromatic N) is 5. The second-order valence-electron chi connectivity index (χ2n) is 6.91. The molecule has 1 saturated heterocycles. The molecule has 2 amide bonds. The minimum absolute atomic E-state index is 0. The van der Waals surface area contributed by atoms with Gasteiger partial charge in [-0.25, -0.2) is 22.5 Å². The summed E-state index contributed by atoms with van der Waals surface area (Å²) in [5.74, 6) is 0.315. The van der Waals surface area contributed by atoms with Crippen LogP contribution in [0.2, 0.25) is 0 Å². The molecule has 160 valence electrons. The first-order valence-electron chi connectivity index (χ1n) is 9.09. The second kappa shape index (κ2) is 9.65. The highest BCUT2D eigenvalue weighted by Gasteiger charge is 2.29. The first kappa shape index (κ1) is 23.3. The average Bonchev–Trinajstić information content (AvgIpc) is 2.73. The lowest BCUT2D eigenvalue weighted by Gasteiger charge is -2.35. The molecule has 30 heavy (non-hydrogen) atoms. The largest absolute Gasteiger partial charge is 0.324 e. The minimum Gasteiger partial charge on any atom is -0.324 e. The van der Waals surface area contributed by atoms with Gasteiger partial charge in [0, 0.05) is 31.7 Å². The van der Waals surface area contributed by atoms with Crippen LogP contribution in [0.4, 0.5) is 10.6 Å². The maximum Gasteiger partial charge on any atom is 0.323 e. The van der Waals surface area contributed by atoms with Crippen LogP contribution in [0.15, 0.2) is 36.7 Å². The Balaban J connectivity index is 0.00000320. The van der Waals surface area contributed by atoms with Gasteiger partial charge in [0.2, 0.25) is 10.0 Å². The number of benzene rings is 1. The number of hydrogen-bond acceptors (Lipinski definition) is 6. The summed E-state index contributed by atoms with van der Waals surface area (Å²) in [6.45, 7) is 0.800. The van der Waals surface area contributed by atoms with Crippen molar-refractivity contribution < 1.29 is 13.2 Å². The second-order valence-corrected chi connectivity index (χ2v) is 8.90. The van der Waals surface area contributed by atoms with E-state index in [4.69, 9.17) is 5.26 Å². The Morgan fingerprint density at radius 1 is 1.27 bits per heavy atom. The van der Waals surface area contributed by atoms with Crippen LogP contribution in [0.25, 0.3) is 11.3 Å². The van der Waals surface area contributed by atoms with Crippen molar-refractivity contribution >= 4 is 21.9 Å². The van der Waals surface area contributed by atoms with Crippen LogP contribution in [0, 0.1) is 11.3 Å². The Bertz CT molecular complexity index is 1030. The number of amides is 2. The highest BCUT2D eigenvalue weighted by Crippen LogP contribution is 2.20. The summed E-state index contributed by atoms with van der Waals surface area (Å²) in [7, 11) is -1.51. The summed E-state index contributed by atoms with van der Waals surface area (Å²) in [4.78, 5) is 22.6. The average molecular weight is 431 g/mol. The number of urea groups is 1. The van der Waals surface area contributed by atoms with Gasteiger partial charge in [0.25, 0.3) is 0 Å². The normalized spacial score (nSPS) is 15.0. The van der Waals surface area contributed by atoms with Crippen molar-refractivity contribution in [3.05, 3.63) is 42.2 Å². The summed E-state index contributed by atoms with van der Waals surface area (Å²) in [5, 5.41) is 11.7. The van der Waals surface area contributed by atoms with Gasteiger partial charge in [-0.2, -0.15) is 5.26 Å². The van der Waals surface area contributed by atoms with Gasteiger partial charge in [0.1, 0.15) is 0 Å². The van der Waals surface area contributed by atoms with Crippen molar-refractivity contribution in [1.82, 2.24) is 19.2 Å². The van der Waals surface area contributed by atoms with Gasteiger partial charge < -0.3 is 4.90 Å². The minimum atomic E-state index is -3.20. The Kier molecular flexibility index (Phi) is 7.48. The fourth-order valence-corrected chi connectivity index (χ4v) is 4.09. The van der Waals surface area contributed by atoms with E-state index in [-0.39, 0.29) is 19.5 Å². The molecule has 1 aromatic carbocycles. The van der Waals surface area contributed by atoms with Crippen LogP contribution >= 0.6 is 0 Å². The van der Waals surface area contributed by atoms with Gasteiger partial charge in [0.05, 0.1) is 36.0 Å². The SMILES string of the molecule is C.CN(C(=O)Nc1cnc(-c2cccc(C#N)c2)cn1)C1CCN(S(C)(=O)=O)CC1. The topological polar surface area (TPSA) is 119 Å². The number of nitrogens with one attached hydrogen (secondary N) is 1. The van der Waals surface area contributed by atoms with Crippen LogP contribution in [-0.4, -0.2) is 66.1 Å². The van der Waals surface area contributed by atoms with E-state index in [1.165, 1.54) is 23.0 Å². The number of carbonyl (C=O) groups excluding carboxylic acids is 1. The lowest BCUT2D eigenvalue weighted by molar-refractivity contribution is 0.174. The van der Waals surface area contributed by atoms with E-state index in [9.17, 15) is 13.2 Å². The van der Waals surface area contributed by atoms with E-state index >= 15 is 0 Å². The van der Waals surface area contributed by atoms with Crippen LogP contribution in [0.3, 0.4) is 0 Å². The van der Waals surface area contributed by atoms with Gasteiger partial charge in [-0.3, -0.25) is 10.3 Å². The molecule has 3 rings (SSSR count). The quantitative estimate of drug-likeness (QED) is 0.796. The molecule has 1 aliphatic heterocycles. The highest BCUT2D eigenvalue weighted by atomic mass is 32.2. The standard InChI is InChI=1S/C19H22N6O3S.CH4/c1-24(16-6-8-25(9-7-16)29(2,27)28)19(26)23-18-13-21-17(12-22-18)15-5-3-4-14(10-15)11-20;/h3-5,10,12-13,16H,6-9H2,1-2H3,(H,22,23,26);1H4. The van der Waals surface area contributed by atoms with Crippen LogP contribution < -0.4 is 5.32 Å². The van der Waals surface area contributed by atoms with Crippen molar-refractivity contribution in [2.24, 2.45) is 0 Å². The fourth-order valence-electron chi connectivity index (χ4n) is 3.21. The molecular weight excluding hydrogens is 404 g/mol. The molecule has 0 aliphatic carbocycles. The van der Waals surface area contributed by atoms with Crippen molar-refractivity contribution in [2.45, 2.75) is 26.3 Å². The van der Waals surface area contributed by atoms with Crippen molar-refractivity contribution in [3.63, 3.8) is 0 Å². The summed E-state index contributed by atoms with van der Waals surface area (Å²) < 4.78 is 24.6. The number of hydrogen-bond donors (Lipinski definition) is 1. The number of carbonyl (C=O) groups is 1. The van der Waals surface area contributed by atoms with E-state index in [2.05, 4.69) is 21.4 Å². The predicted molar refractivity (Wildman–Crippen MR) is 115 cm³/mol. The van der Waals surface area contributed by atoms with Crippen molar-refractivity contribution in [3.8, 4) is 17.3 Å². The van der Waals surface area contributed by atoms with Crippen molar-refractivity contribution in [2.75, 3.05) is 31.7 Å². The first-order valence-corrected chi connectivity index (χ1v) is 10.9. The van der Waals surface area contributed by atoms with Gasteiger partial charge in [0.15, 0.2) is 5.82 Å². The van der Waals surface area contributed by atoms with E-state index in [0.29, 0.717) is 43.0 Å². The van der Waals surface area contributed by atoms with Gasteiger partial charge in [-0.1, -0.05) is 19.6 Å². The third-order valence-corrected chi connectivity index (χ3v) is 6.24. The van der Waals surface area contributed by atoms with Gasteiger partial charge in [-0.15, -0.1) is 0 Å². The summed E-state index contributed by atoms with van der Waals surface area (Å²) in [5.41, 5.74) is 1.90. The molecule has 0 unspecified atom stereocenters. The highest BCUT2D eigenvalue weighted by molar-refractivity contribution is 7.88. The lowest BCUT2D eigenvalue weighted by Crippen LogP contribution is -2.48. The zero-order chi connectivity index (χ0) is 21.0. The third kappa shape index (κ3) is 5.52. The number of nitriles is 1. The molecule has 9 nitrogen and oxygen atoms in total. The van der Waals surface area contributed by atoms with E-state index in [0.717, 1.165) is 5.56 Å². The lowest BCUT2D eigenvalue weighted by atomic mass is 10.1. The monoisotopic (exact) mass is 430 g/mol. The molecule has 2 aromatic rings. The van der Waals surface area contributed by atoms with Crippen molar-refractivity contribution in [1.29, 1.82) is 5.26 Å². The Hall–Kier alpha value is -3.03. The number of sulfonamides is 1. The molecule has 10 heteroatoms. The van der Waals surface area contributed by atoms with Gasteiger partial charge >= 0.3 is 6.03 Å². The van der Waals surface area contributed by atoms with Crippen LogP contribution in [0.5, 0.6) is 0 Å². The molecular formula is C20H26N6O3S. The summed E-state index contributed by atoms with van der Waals surface area (Å²) in [6, 6.07) is 8.75. The molecule has 0 radical (unpaired) electrons. The Labute approximate surface area is 177 Å². The Morgan fingerprint density at radius 2 is 1.97 bits per heavy atom. The molecule has 0 saturated carbocycles. The third-order valence-electron chi connectivity index (χ3n) is 4.93. The number of piperidine rings is 1. The van der Waals surface area contributed by atoms with E-state index in [1.54, 1.807) is 30.1 Å². The molecule has 1 aromatic heterocycles. The zero-order valence-corrected chi connectivity index (χ0v) is 17.1. The van der Waals surface area contributed by atoms with Gasteiger partial charge in [-0.05, 0) is 25.0 Å². The predicted octanol–water partition coefficient (Wildman–Crippen LogP) is 2.54. The molecule has 2 heterocycles. The molecule has 0 spiro atoms. The van der Waals surface area contributed by atoms with Crippen LogP contribution in [-0.2, 0) is 10.0 Å². The molecule has 1 N–H and O–H groups in total. The molecule has 1 fully saturated rings. The Morgan fingerprint density at radius 3 is 2.53 bits per heavy atom.